The zero-order chi connectivity index (χ0) is 13.2. The van der Waals surface area contributed by atoms with Gasteiger partial charge in [-0.15, -0.1) is 0 Å². The molecule has 0 unspecified atom stereocenters. The SMILES string of the molecule is N#Cc1ccc2c(c1)ncn2-c1ccc(C=O)cc1. The Hall–Kier alpha value is -2.93. The Labute approximate surface area is 109 Å². The number of carbonyl (C=O) groups excluding carboxylic acids is 1. The molecule has 0 amide bonds. The van der Waals surface area contributed by atoms with E-state index in [2.05, 4.69) is 11.1 Å². The number of benzene rings is 2. The van der Waals surface area contributed by atoms with Gasteiger partial charge < -0.3 is 0 Å². The van der Waals surface area contributed by atoms with Crippen LogP contribution in [0.3, 0.4) is 0 Å². The molecular weight excluding hydrogens is 238 g/mol. The lowest BCUT2D eigenvalue weighted by atomic mass is 10.2. The Bertz CT molecular complexity index is 794. The Balaban J connectivity index is 2.14. The first-order chi connectivity index (χ1) is 9.31. The van der Waals surface area contributed by atoms with E-state index in [4.69, 9.17) is 5.26 Å². The summed E-state index contributed by atoms with van der Waals surface area (Å²) in [5.41, 5.74) is 3.86. The second-order valence-electron chi connectivity index (χ2n) is 4.14. The van der Waals surface area contributed by atoms with Crippen molar-refractivity contribution in [1.29, 1.82) is 5.26 Å². The molecule has 1 aromatic heterocycles. The van der Waals surface area contributed by atoms with Gasteiger partial charge in [0.1, 0.15) is 12.6 Å². The van der Waals surface area contributed by atoms with Crippen molar-refractivity contribution in [2.45, 2.75) is 0 Å². The summed E-state index contributed by atoms with van der Waals surface area (Å²) in [5, 5.41) is 8.86. The first-order valence-electron chi connectivity index (χ1n) is 5.74. The first-order valence-corrected chi connectivity index (χ1v) is 5.74. The van der Waals surface area contributed by atoms with E-state index in [1.807, 2.05) is 22.8 Å². The van der Waals surface area contributed by atoms with Crippen LogP contribution in [0.15, 0.2) is 48.8 Å². The fraction of sp³-hybridized carbons (Fsp3) is 0. The average molecular weight is 247 g/mol. The van der Waals surface area contributed by atoms with Crippen LogP contribution < -0.4 is 0 Å². The van der Waals surface area contributed by atoms with E-state index in [9.17, 15) is 4.79 Å². The zero-order valence-corrected chi connectivity index (χ0v) is 9.95. The summed E-state index contributed by atoms with van der Waals surface area (Å²) < 4.78 is 1.92. The lowest BCUT2D eigenvalue weighted by Gasteiger charge is -2.04. The molecule has 0 fully saturated rings. The van der Waals surface area contributed by atoms with Gasteiger partial charge >= 0.3 is 0 Å². The number of aldehydes is 1. The van der Waals surface area contributed by atoms with Gasteiger partial charge in [0.25, 0.3) is 0 Å². The average Bonchev–Trinajstić information content (AvgIpc) is 2.90. The third-order valence-corrected chi connectivity index (χ3v) is 2.98. The molecule has 0 spiro atoms. The highest BCUT2D eigenvalue weighted by atomic mass is 16.1. The Morgan fingerprint density at radius 2 is 1.95 bits per heavy atom. The minimum atomic E-state index is 0.592. The summed E-state index contributed by atoms with van der Waals surface area (Å²) in [6, 6.07) is 14.7. The summed E-state index contributed by atoms with van der Waals surface area (Å²) >= 11 is 0. The van der Waals surface area contributed by atoms with Gasteiger partial charge in [0.15, 0.2) is 0 Å². The lowest BCUT2D eigenvalue weighted by Crippen LogP contribution is -1.92. The quantitative estimate of drug-likeness (QED) is 0.654. The molecule has 1 heterocycles. The van der Waals surface area contributed by atoms with Gasteiger partial charge in [-0.1, -0.05) is 0 Å². The summed E-state index contributed by atoms with van der Waals surface area (Å²) in [4.78, 5) is 14.9. The van der Waals surface area contributed by atoms with Gasteiger partial charge in [0, 0.05) is 11.3 Å². The molecule has 90 valence electrons. The highest BCUT2D eigenvalue weighted by Gasteiger charge is 2.05. The third kappa shape index (κ3) is 1.87. The van der Waals surface area contributed by atoms with Gasteiger partial charge in [-0.05, 0) is 42.5 Å². The van der Waals surface area contributed by atoms with Crippen molar-refractivity contribution >= 4 is 17.3 Å². The predicted octanol–water partition coefficient (Wildman–Crippen LogP) is 2.71. The molecule has 3 aromatic rings. The molecule has 4 heteroatoms. The summed E-state index contributed by atoms with van der Waals surface area (Å²) in [6.45, 7) is 0. The van der Waals surface area contributed by atoms with Crippen molar-refractivity contribution in [3.05, 3.63) is 59.9 Å². The summed E-state index contributed by atoms with van der Waals surface area (Å²) in [5.74, 6) is 0. The Morgan fingerprint density at radius 3 is 2.63 bits per heavy atom. The number of fused-ring (bicyclic) bond motifs is 1. The van der Waals surface area contributed by atoms with Gasteiger partial charge in [-0.2, -0.15) is 5.26 Å². The van der Waals surface area contributed by atoms with Gasteiger partial charge in [0.2, 0.25) is 0 Å². The maximum Gasteiger partial charge on any atom is 0.150 e. The van der Waals surface area contributed by atoms with E-state index in [1.165, 1.54) is 0 Å². The monoisotopic (exact) mass is 247 g/mol. The van der Waals surface area contributed by atoms with Crippen LogP contribution in [0.1, 0.15) is 15.9 Å². The van der Waals surface area contributed by atoms with Crippen LogP contribution in [-0.2, 0) is 0 Å². The number of hydrogen-bond acceptors (Lipinski definition) is 3. The molecule has 0 saturated carbocycles. The van der Waals surface area contributed by atoms with Crippen molar-refractivity contribution in [3.8, 4) is 11.8 Å². The van der Waals surface area contributed by atoms with Crippen LogP contribution >= 0.6 is 0 Å². The number of carbonyl (C=O) groups is 1. The van der Waals surface area contributed by atoms with Crippen molar-refractivity contribution in [2.75, 3.05) is 0 Å². The highest BCUT2D eigenvalue weighted by molar-refractivity contribution is 5.79. The van der Waals surface area contributed by atoms with Crippen LogP contribution in [0.25, 0.3) is 16.7 Å². The van der Waals surface area contributed by atoms with Crippen molar-refractivity contribution in [3.63, 3.8) is 0 Å². The third-order valence-electron chi connectivity index (χ3n) is 2.98. The first kappa shape index (κ1) is 11.2. The molecule has 0 radical (unpaired) electrons. The molecule has 4 nitrogen and oxygen atoms in total. The molecule has 0 atom stereocenters. The number of nitriles is 1. The summed E-state index contributed by atoms with van der Waals surface area (Å²) in [6.07, 6.45) is 2.52. The second-order valence-corrected chi connectivity index (χ2v) is 4.14. The number of aromatic nitrogens is 2. The lowest BCUT2D eigenvalue weighted by molar-refractivity contribution is 0.112. The topological polar surface area (TPSA) is 58.7 Å². The maximum atomic E-state index is 10.6. The van der Waals surface area contributed by atoms with Crippen LogP contribution in [0.2, 0.25) is 0 Å². The molecule has 0 saturated heterocycles. The zero-order valence-electron chi connectivity index (χ0n) is 9.95. The number of hydrogen-bond donors (Lipinski definition) is 0. The van der Waals surface area contributed by atoms with Crippen molar-refractivity contribution < 1.29 is 4.79 Å². The maximum absolute atomic E-state index is 10.6. The standard InChI is InChI=1S/C15H9N3O/c16-8-12-3-6-15-14(7-12)17-10-18(15)13-4-1-11(9-19)2-5-13/h1-7,9-10H. The minimum absolute atomic E-state index is 0.592. The van der Waals surface area contributed by atoms with Crippen LogP contribution in [0.4, 0.5) is 0 Å². The summed E-state index contributed by atoms with van der Waals surface area (Å²) in [7, 11) is 0. The molecule has 0 N–H and O–H groups in total. The molecule has 19 heavy (non-hydrogen) atoms. The Kier molecular flexibility index (Phi) is 2.58. The molecule has 0 bridgehead atoms. The van der Waals surface area contributed by atoms with E-state index >= 15 is 0 Å². The van der Waals surface area contributed by atoms with Crippen molar-refractivity contribution in [2.24, 2.45) is 0 Å². The van der Waals surface area contributed by atoms with Crippen LogP contribution in [0, 0.1) is 11.3 Å². The van der Waals surface area contributed by atoms with Gasteiger partial charge in [0.05, 0.1) is 22.7 Å². The fourth-order valence-electron chi connectivity index (χ4n) is 2.00. The van der Waals surface area contributed by atoms with Gasteiger partial charge in [-0.25, -0.2) is 4.98 Å². The molecule has 0 aliphatic rings. The number of nitrogens with zero attached hydrogens (tertiary/aromatic N) is 3. The largest absolute Gasteiger partial charge is 0.299 e. The number of imidazole rings is 1. The van der Waals surface area contributed by atoms with Crippen molar-refractivity contribution in [1.82, 2.24) is 9.55 Å². The van der Waals surface area contributed by atoms with E-state index in [0.717, 1.165) is 23.0 Å². The Morgan fingerprint density at radius 1 is 1.16 bits per heavy atom. The predicted molar refractivity (Wildman–Crippen MR) is 71.2 cm³/mol. The second kappa shape index (κ2) is 4.39. The molecule has 2 aromatic carbocycles. The number of rotatable bonds is 2. The smallest absolute Gasteiger partial charge is 0.150 e. The minimum Gasteiger partial charge on any atom is -0.299 e. The highest BCUT2D eigenvalue weighted by Crippen LogP contribution is 2.19. The van der Waals surface area contributed by atoms with E-state index in [0.29, 0.717) is 11.1 Å². The van der Waals surface area contributed by atoms with Gasteiger partial charge in [-0.3, -0.25) is 9.36 Å². The van der Waals surface area contributed by atoms with E-state index in [1.54, 1.807) is 30.6 Å². The molecule has 0 aliphatic carbocycles. The molecular formula is C15H9N3O. The molecule has 3 rings (SSSR count). The fourth-order valence-corrected chi connectivity index (χ4v) is 2.00. The van der Waals surface area contributed by atoms with E-state index < -0.39 is 0 Å². The van der Waals surface area contributed by atoms with Crippen LogP contribution in [-0.4, -0.2) is 15.8 Å². The normalized spacial score (nSPS) is 10.3. The molecule has 0 aliphatic heterocycles. The van der Waals surface area contributed by atoms with Crippen LogP contribution in [0.5, 0.6) is 0 Å². The van der Waals surface area contributed by atoms with E-state index in [-0.39, 0.29) is 0 Å².